The van der Waals surface area contributed by atoms with E-state index >= 15 is 0 Å². The van der Waals surface area contributed by atoms with Crippen LogP contribution in [0.15, 0.2) is 10.1 Å². The summed E-state index contributed by atoms with van der Waals surface area (Å²) in [6.45, 7) is 0. The molecule has 4 fully saturated rings. The molecule has 0 aliphatic heterocycles. The van der Waals surface area contributed by atoms with Crippen molar-refractivity contribution >= 4 is 58.0 Å². The smallest absolute Gasteiger partial charge is 0.199 e. The van der Waals surface area contributed by atoms with Crippen molar-refractivity contribution in [2.45, 2.75) is 22.6 Å². The summed E-state index contributed by atoms with van der Waals surface area (Å²) in [6.07, 6.45) is 2.02. The summed E-state index contributed by atoms with van der Waals surface area (Å²) in [6, 6.07) is 0. The second-order valence-electron chi connectivity index (χ2n) is 5.75. The SMILES string of the molecule is O=C1C(Cl)=C(Cl)C(=O)C2(Cl)[C@H]3C4CC(C4)[C@H]3C12Cl. The van der Waals surface area contributed by atoms with Crippen molar-refractivity contribution in [1.29, 1.82) is 0 Å². The number of rotatable bonds is 0. The van der Waals surface area contributed by atoms with Crippen LogP contribution in [0.4, 0.5) is 0 Å². The summed E-state index contributed by atoms with van der Waals surface area (Å²) in [5, 5.41) is -0.508. The van der Waals surface area contributed by atoms with Crippen LogP contribution in [0.1, 0.15) is 12.8 Å². The standard InChI is InChI=1S/C12H8Cl4O2/c13-7-8(14)10(18)12(16)6-4-1-3(2-4)5(6)11(12,15)9(7)17/h3-6H,1-2H2/t3?,4?,5-,6+,11?,12?. The number of ketones is 2. The van der Waals surface area contributed by atoms with Gasteiger partial charge in [0.15, 0.2) is 11.6 Å². The molecule has 4 atom stereocenters. The zero-order chi connectivity index (χ0) is 13.0. The van der Waals surface area contributed by atoms with Gasteiger partial charge in [0.2, 0.25) is 0 Å². The summed E-state index contributed by atoms with van der Waals surface area (Å²) in [5.41, 5.74) is 0. The number of halogens is 4. The van der Waals surface area contributed by atoms with Gasteiger partial charge in [-0.2, -0.15) is 0 Å². The third-order valence-corrected chi connectivity index (χ3v) is 7.67. The van der Waals surface area contributed by atoms with E-state index in [0.29, 0.717) is 11.8 Å². The van der Waals surface area contributed by atoms with Crippen LogP contribution in [-0.2, 0) is 9.59 Å². The molecule has 0 spiro atoms. The van der Waals surface area contributed by atoms with E-state index < -0.39 is 21.3 Å². The Morgan fingerprint density at radius 2 is 1.17 bits per heavy atom. The van der Waals surface area contributed by atoms with Gasteiger partial charge >= 0.3 is 0 Å². The Kier molecular flexibility index (Phi) is 2.08. The summed E-state index contributed by atoms with van der Waals surface area (Å²) in [5.74, 6) is -0.170. The normalized spacial score (nSPS) is 56.9. The Bertz CT molecular complexity index is 504. The molecule has 2 bridgehead atoms. The summed E-state index contributed by atoms with van der Waals surface area (Å²) in [7, 11) is 0. The third kappa shape index (κ3) is 0.886. The van der Waals surface area contributed by atoms with Crippen molar-refractivity contribution in [2.75, 3.05) is 0 Å². The lowest BCUT2D eigenvalue weighted by atomic mass is 9.52. The Morgan fingerprint density at radius 1 is 0.833 bits per heavy atom. The maximum Gasteiger partial charge on any atom is 0.199 e. The lowest BCUT2D eigenvalue weighted by Gasteiger charge is -2.60. The van der Waals surface area contributed by atoms with Crippen LogP contribution in [0.3, 0.4) is 0 Å². The van der Waals surface area contributed by atoms with Gasteiger partial charge in [0.1, 0.15) is 19.8 Å². The first-order valence-electron chi connectivity index (χ1n) is 5.87. The van der Waals surface area contributed by atoms with Gasteiger partial charge in [0.05, 0.1) is 0 Å². The molecule has 0 aromatic rings. The van der Waals surface area contributed by atoms with Gasteiger partial charge in [-0.15, -0.1) is 23.2 Å². The minimum Gasteiger partial charge on any atom is -0.291 e. The zero-order valence-electron chi connectivity index (χ0n) is 9.05. The molecular formula is C12H8Cl4O2. The lowest BCUT2D eigenvalue weighted by molar-refractivity contribution is -0.139. The van der Waals surface area contributed by atoms with Crippen LogP contribution in [0.2, 0.25) is 0 Å². The molecule has 6 heteroatoms. The zero-order valence-corrected chi connectivity index (χ0v) is 12.1. The molecule has 5 aliphatic rings. The molecule has 4 saturated carbocycles. The number of carbonyl (C=O) groups excluding carboxylic acids is 2. The van der Waals surface area contributed by atoms with E-state index in [-0.39, 0.29) is 21.9 Å². The van der Waals surface area contributed by atoms with E-state index in [4.69, 9.17) is 46.4 Å². The quantitative estimate of drug-likeness (QED) is 0.641. The Labute approximate surface area is 124 Å². The van der Waals surface area contributed by atoms with Gasteiger partial charge in [0.25, 0.3) is 0 Å². The molecule has 96 valence electrons. The van der Waals surface area contributed by atoms with Crippen LogP contribution < -0.4 is 0 Å². The highest BCUT2D eigenvalue weighted by molar-refractivity contribution is 6.67. The number of fused-ring (bicyclic) bond motifs is 1. The van der Waals surface area contributed by atoms with E-state index in [1.54, 1.807) is 0 Å². The second-order valence-corrected chi connectivity index (χ2v) is 7.70. The van der Waals surface area contributed by atoms with Crippen LogP contribution in [0.25, 0.3) is 0 Å². The first-order valence-corrected chi connectivity index (χ1v) is 7.39. The fourth-order valence-electron chi connectivity index (χ4n) is 4.57. The molecule has 0 amide bonds. The van der Waals surface area contributed by atoms with Crippen LogP contribution in [0, 0.1) is 23.7 Å². The molecule has 2 unspecified atom stereocenters. The monoisotopic (exact) mass is 324 g/mol. The molecule has 18 heavy (non-hydrogen) atoms. The number of allylic oxidation sites excluding steroid dienone is 2. The molecule has 0 aromatic carbocycles. The highest BCUT2D eigenvalue weighted by atomic mass is 35.5. The van der Waals surface area contributed by atoms with E-state index in [9.17, 15) is 9.59 Å². The number of Topliss-reactive ketones (excluding diaryl/α,β-unsaturated/α-hetero) is 2. The predicted octanol–water partition coefficient (Wildman–Crippen LogP) is 3.07. The van der Waals surface area contributed by atoms with Crippen LogP contribution in [-0.4, -0.2) is 21.3 Å². The molecule has 0 radical (unpaired) electrons. The minimum absolute atomic E-state index is 0.0170. The molecule has 2 nitrogen and oxygen atoms in total. The number of hydrogen-bond donors (Lipinski definition) is 0. The fourth-order valence-corrected chi connectivity index (χ4v) is 6.37. The Balaban J connectivity index is 1.96. The summed E-state index contributed by atoms with van der Waals surface area (Å²) in [4.78, 5) is 21.9. The van der Waals surface area contributed by atoms with Crippen LogP contribution >= 0.6 is 46.4 Å². The van der Waals surface area contributed by atoms with Crippen LogP contribution in [0.5, 0.6) is 0 Å². The highest BCUT2D eigenvalue weighted by Gasteiger charge is 2.86. The molecule has 0 heterocycles. The average Bonchev–Trinajstić information content (AvgIpc) is 2.84. The maximum atomic E-state index is 12.3. The minimum atomic E-state index is -1.37. The van der Waals surface area contributed by atoms with Crippen molar-refractivity contribution in [1.82, 2.24) is 0 Å². The molecule has 5 rings (SSSR count). The van der Waals surface area contributed by atoms with Gasteiger partial charge in [-0.25, -0.2) is 0 Å². The first-order chi connectivity index (χ1) is 8.35. The van der Waals surface area contributed by atoms with Crippen molar-refractivity contribution in [2.24, 2.45) is 23.7 Å². The van der Waals surface area contributed by atoms with Gasteiger partial charge in [-0.05, 0) is 36.5 Å². The molecule has 0 aromatic heterocycles. The summed E-state index contributed by atoms with van der Waals surface area (Å²) < 4.78 is 0. The topological polar surface area (TPSA) is 34.1 Å². The van der Waals surface area contributed by atoms with Gasteiger partial charge in [0, 0.05) is 0 Å². The van der Waals surface area contributed by atoms with Gasteiger partial charge < -0.3 is 0 Å². The third-order valence-electron chi connectivity index (χ3n) is 5.31. The number of hydrogen-bond acceptors (Lipinski definition) is 2. The summed E-state index contributed by atoms with van der Waals surface area (Å²) >= 11 is 24.7. The van der Waals surface area contributed by atoms with E-state index in [1.807, 2.05) is 0 Å². The van der Waals surface area contributed by atoms with Gasteiger partial charge in [-0.3, -0.25) is 9.59 Å². The van der Waals surface area contributed by atoms with Crippen molar-refractivity contribution < 1.29 is 9.59 Å². The molecule has 5 aliphatic carbocycles. The maximum absolute atomic E-state index is 12.3. The highest BCUT2D eigenvalue weighted by Crippen LogP contribution is 2.78. The van der Waals surface area contributed by atoms with E-state index in [2.05, 4.69) is 0 Å². The number of alkyl halides is 2. The van der Waals surface area contributed by atoms with Crippen molar-refractivity contribution in [3.63, 3.8) is 0 Å². The van der Waals surface area contributed by atoms with E-state index in [0.717, 1.165) is 12.8 Å². The van der Waals surface area contributed by atoms with Crippen molar-refractivity contribution in [3.8, 4) is 0 Å². The largest absolute Gasteiger partial charge is 0.291 e. The fraction of sp³-hybridized carbons (Fsp3) is 0.667. The predicted molar refractivity (Wildman–Crippen MR) is 69.1 cm³/mol. The second kappa shape index (κ2) is 3.11. The van der Waals surface area contributed by atoms with Gasteiger partial charge in [-0.1, -0.05) is 23.2 Å². The Morgan fingerprint density at radius 3 is 1.50 bits per heavy atom. The number of carbonyl (C=O) groups is 2. The lowest BCUT2D eigenvalue weighted by Crippen LogP contribution is -2.77. The van der Waals surface area contributed by atoms with E-state index in [1.165, 1.54) is 0 Å². The molecular weight excluding hydrogens is 318 g/mol. The molecule has 0 N–H and O–H groups in total. The van der Waals surface area contributed by atoms with Crippen molar-refractivity contribution in [3.05, 3.63) is 10.1 Å². The first kappa shape index (κ1) is 12.0. The average molecular weight is 326 g/mol. The Hall–Kier alpha value is 0.240. The molecule has 0 saturated heterocycles.